The fourth-order valence-corrected chi connectivity index (χ4v) is 5.86. The van der Waals surface area contributed by atoms with Crippen molar-refractivity contribution in [2.75, 3.05) is 35.7 Å². The Morgan fingerprint density at radius 2 is 1.84 bits per heavy atom. The molecule has 196 valence electrons. The van der Waals surface area contributed by atoms with E-state index >= 15 is 0 Å². The lowest BCUT2D eigenvalue weighted by Crippen LogP contribution is -2.62. The van der Waals surface area contributed by atoms with Crippen LogP contribution < -0.4 is 26.6 Å². The molecule has 0 radical (unpaired) electrons. The fourth-order valence-electron chi connectivity index (χ4n) is 4.39. The number of hydrogen-bond donors (Lipinski definition) is 4. The van der Waals surface area contributed by atoms with Gasteiger partial charge in [-0.15, -0.1) is 22.7 Å². The number of thiazole rings is 1. The van der Waals surface area contributed by atoms with Crippen LogP contribution in [0.4, 0.5) is 22.2 Å². The Kier molecular flexibility index (Phi) is 8.10. The highest BCUT2D eigenvalue weighted by atomic mass is 32.1. The van der Waals surface area contributed by atoms with Gasteiger partial charge in [0.1, 0.15) is 16.1 Å². The molecule has 37 heavy (non-hydrogen) atoms. The standard InChI is InChI=1S/C25H30N6O4S2/c1-15(2)30-25(23(26)34)9-11-31(12-10-25)19-7-5-4-6-16(19)27-21(32)18-14-37-24(29-18)28-17-8-13-36-20(17)22(33)35-3/h4-8,13-15,30H,9-12H2,1-3H3,(H2,26,34)(H,27,32)(H,28,29). The Labute approximate surface area is 223 Å². The number of piperidine rings is 1. The summed E-state index contributed by atoms with van der Waals surface area (Å²) in [5.41, 5.74) is 7.38. The van der Waals surface area contributed by atoms with Gasteiger partial charge in [0, 0.05) is 24.5 Å². The number of amides is 2. The number of aromatic nitrogens is 1. The van der Waals surface area contributed by atoms with E-state index in [2.05, 4.69) is 25.8 Å². The molecule has 0 spiro atoms. The third-order valence-electron chi connectivity index (χ3n) is 6.16. The van der Waals surface area contributed by atoms with Crippen LogP contribution in [0, 0.1) is 0 Å². The van der Waals surface area contributed by atoms with Crippen molar-refractivity contribution in [2.45, 2.75) is 38.3 Å². The van der Waals surface area contributed by atoms with Gasteiger partial charge in [0.2, 0.25) is 5.91 Å². The second-order valence-corrected chi connectivity index (χ2v) is 10.8. The van der Waals surface area contributed by atoms with Crippen molar-refractivity contribution in [3.05, 3.63) is 51.7 Å². The molecule has 1 aliphatic heterocycles. The first kappa shape index (κ1) is 26.6. The number of primary amides is 1. The van der Waals surface area contributed by atoms with Gasteiger partial charge in [-0.3, -0.25) is 9.59 Å². The number of carbonyl (C=O) groups excluding carboxylic acids is 3. The van der Waals surface area contributed by atoms with Gasteiger partial charge in [0.25, 0.3) is 5.91 Å². The number of nitrogens with zero attached hydrogens (tertiary/aromatic N) is 2. The van der Waals surface area contributed by atoms with E-state index in [4.69, 9.17) is 10.5 Å². The first-order valence-corrected chi connectivity index (χ1v) is 13.6. The molecule has 12 heteroatoms. The van der Waals surface area contributed by atoms with Crippen LogP contribution in [0.25, 0.3) is 0 Å². The number of nitrogens with one attached hydrogen (secondary N) is 3. The van der Waals surface area contributed by atoms with Crippen molar-refractivity contribution in [3.8, 4) is 0 Å². The van der Waals surface area contributed by atoms with Crippen LogP contribution in [0.3, 0.4) is 0 Å². The van der Waals surface area contributed by atoms with E-state index in [0.29, 0.717) is 47.3 Å². The maximum absolute atomic E-state index is 13.0. The van der Waals surface area contributed by atoms with Crippen molar-refractivity contribution in [1.82, 2.24) is 10.3 Å². The summed E-state index contributed by atoms with van der Waals surface area (Å²) in [5.74, 6) is -1.12. The van der Waals surface area contributed by atoms with Crippen LogP contribution >= 0.6 is 22.7 Å². The number of benzene rings is 1. The highest BCUT2D eigenvalue weighted by Gasteiger charge is 2.40. The smallest absolute Gasteiger partial charge is 0.350 e. The number of methoxy groups -OCH3 is 1. The number of anilines is 4. The Morgan fingerprint density at radius 1 is 1.11 bits per heavy atom. The van der Waals surface area contributed by atoms with Gasteiger partial charge in [0.15, 0.2) is 5.13 Å². The van der Waals surface area contributed by atoms with Gasteiger partial charge < -0.3 is 31.3 Å². The quantitative estimate of drug-likeness (QED) is 0.300. The number of ether oxygens (including phenoxy) is 1. The molecule has 3 heterocycles. The second kappa shape index (κ2) is 11.3. The highest BCUT2D eigenvalue weighted by molar-refractivity contribution is 7.14. The van der Waals surface area contributed by atoms with Crippen LogP contribution in [0.2, 0.25) is 0 Å². The van der Waals surface area contributed by atoms with E-state index in [1.165, 1.54) is 29.8 Å². The summed E-state index contributed by atoms with van der Waals surface area (Å²) >= 11 is 2.52. The van der Waals surface area contributed by atoms with Crippen molar-refractivity contribution in [2.24, 2.45) is 5.73 Å². The summed E-state index contributed by atoms with van der Waals surface area (Å²) in [6, 6.07) is 9.45. The van der Waals surface area contributed by atoms with E-state index in [0.717, 1.165) is 5.69 Å². The largest absolute Gasteiger partial charge is 0.465 e. The molecule has 2 aromatic heterocycles. The lowest BCUT2D eigenvalue weighted by Gasteiger charge is -2.42. The lowest BCUT2D eigenvalue weighted by atomic mass is 9.85. The number of nitrogens with two attached hydrogens (primary N) is 1. The topological polar surface area (TPSA) is 139 Å². The molecular formula is C25H30N6O4S2. The minimum absolute atomic E-state index is 0.134. The third kappa shape index (κ3) is 5.92. The molecule has 2 amide bonds. The minimum Gasteiger partial charge on any atom is -0.465 e. The first-order valence-electron chi connectivity index (χ1n) is 11.8. The Morgan fingerprint density at radius 3 is 2.51 bits per heavy atom. The number of para-hydroxylation sites is 2. The molecule has 5 N–H and O–H groups in total. The molecule has 0 saturated carbocycles. The molecular weight excluding hydrogens is 512 g/mol. The third-order valence-corrected chi connectivity index (χ3v) is 7.81. The number of carbonyl (C=O) groups is 3. The van der Waals surface area contributed by atoms with Gasteiger partial charge in [0.05, 0.1) is 24.2 Å². The Bertz CT molecular complexity index is 1280. The molecule has 1 fully saturated rings. The van der Waals surface area contributed by atoms with Crippen LogP contribution in [0.5, 0.6) is 0 Å². The molecule has 3 aromatic rings. The van der Waals surface area contributed by atoms with E-state index in [-0.39, 0.29) is 23.6 Å². The summed E-state index contributed by atoms with van der Waals surface area (Å²) in [5, 5.41) is 13.3. The zero-order valence-electron chi connectivity index (χ0n) is 20.9. The first-order chi connectivity index (χ1) is 17.7. The van der Waals surface area contributed by atoms with Gasteiger partial charge in [-0.05, 0) is 50.3 Å². The van der Waals surface area contributed by atoms with Crippen LogP contribution in [0.15, 0.2) is 41.1 Å². The van der Waals surface area contributed by atoms with Crippen LogP contribution in [0.1, 0.15) is 46.8 Å². The normalized spacial score (nSPS) is 14.9. The average molecular weight is 543 g/mol. The molecule has 1 aromatic carbocycles. The van der Waals surface area contributed by atoms with E-state index in [1.807, 2.05) is 38.1 Å². The number of thiophene rings is 1. The molecule has 1 aliphatic rings. The summed E-state index contributed by atoms with van der Waals surface area (Å²) < 4.78 is 4.80. The second-order valence-electron chi connectivity index (χ2n) is 9.02. The van der Waals surface area contributed by atoms with Gasteiger partial charge >= 0.3 is 5.97 Å². The van der Waals surface area contributed by atoms with Crippen molar-refractivity contribution >= 4 is 62.7 Å². The highest BCUT2D eigenvalue weighted by Crippen LogP contribution is 2.33. The van der Waals surface area contributed by atoms with Gasteiger partial charge in [-0.1, -0.05) is 12.1 Å². The molecule has 4 rings (SSSR count). The molecule has 1 saturated heterocycles. The zero-order chi connectivity index (χ0) is 26.6. The molecule has 0 atom stereocenters. The van der Waals surface area contributed by atoms with Crippen molar-refractivity contribution in [3.63, 3.8) is 0 Å². The summed E-state index contributed by atoms with van der Waals surface area (Å²) in [6.45, 7) is 5.23. The molecule has 0 aliphatic carbocycles. The van der Waals surface area contributed by atoms with Crippen LogP contribution in [-0.4, -0.2) is 54.5 Å². The number of hydrogen-bond acceptors (Lipinski definition) is 10. The molecule has 0 bridgehead atoms. The number of esters is 1. The van der Waals surface area contributed by atoms with E-state index in [9.17, 15) is 14.4 Å². The predicted octanol–water partition coefficient (Wildman–Crippen LogP) is 3.81. The maximum Gasteiger partial charge on any atom is 0.350 e. The molecule has 10 nitrogen and oxygen atoms in total. The monoisotopic (exact) mass is 542 g/mol. The van der Waals surface area contributed by atoms with Gasteiger partial charge in [-0.2, -0.15) is 0 Å². The van der Waals surface area contributed by atoms with Gasteiger partial charge in [-0.25, -0.2) is 9.78 Å². The van der Waals surface area contributed by atoms with E-state index in [1.54, 1.807) is 16.8 Å². The van der Waals surface area contributed by atoms with Crippen LogP contribution in [-0.2, 0) is 9.53 Å². The van der Waals surface area contributed by atoms with Crippen molar-refractivity contribution in [1.29, 1.82) is 0 Å². The number of rotatable bonds is 9. The molecule has 0 unspecified atom stereocenters. The maximum atomic E-state index is 13.0. The van der Waals surface area contributed by atoms with Crippen molar-refractivity contribution < 1.29 is 19.1 Å². The SMILES string of the molecule is COC(=O)c1sccc1Nc1nc(C(=O)Nc2ccccc2N2CCC(NC(C)C)(C(N)=O)CC2)cs1. The minimum atomic E-state index is -0.733. The fraction of sp³-hybridized carbons (Fsp3) is 0.360. The zero-order valence-corrected chi connectivity index (χ0v) is 22.5. The summed E-state index contributed by atoms with van der Waals surface area (Å²) in [6.07, 6.45) is 1.14. The predicted molar refractivity (Wildman–Crippen MR) is 147 cm³/mol. The average Bonchev–Trinajstić information content (AvgIpc) is 3.54. The Balaban J connectivity index is 1.44. The lowest BCUT2D eigenvalue weighted by molar-refractivity contribution is -0.125. The summed E-state index contributed by atoms with van der Waals surface area (Å²) in [7, 11) is 1.33. The summed E-state index contributed by atoms with van der Waals surface area (Å²) in [4.78, 5) is 44.2. The van der Waals surface area contributed by atoms with E-state index < -0.39 is 11.5 Å². The Hall–Kier alpha value is -3.48.